The van der Waals surface area contributed by atoms with Gasteiger partial charge < -0.3 is 0 Å². The third kappa shape index (κ3) is 3.93. The Hall–Kier alpha value is -1.83. The molecule has 1 N–H and O–H groups in total. The Bertz CT molecular complexity index is 778. The lowest BCUT2D eigenvalue weighted by Crippen LogP contribution is -2.38. The topological polar surface area (TPSA) is 75.2 Å². The van der Waals surface area contributed by atoms with Crippen molar-refractivity contribution in [1.29, 1.82) is 0 Å². The van der Waals surface area contributed by atoms with Crippen LogP contribution in [0.4, 0.5) is 0 Å². The van der Waals surface area contributed by atoms with E-state index in [0.29, 0.717) is 18.0 Å². The van der Waals surface area contributed by atoms with Crippen LogP contribution in [-0.2, 0) is 23.0 Å². The zero-order valence-electron chi connectivity index (χ0n) is 13.1. The molecule has 0 saturated carbocycles. The van der Waals surface area contributed by atoms with Crippen molar-refractivity contribution in [3.8, 4) is 0 Å². The van der Waals surface area contributed by atoms with E-state index < -0.39 is 10.0 Å². The third-order valence-electron chi connectivity index (χ3n) is 3.92. The van der Waals surface area contributed by atoms with Crippen LogP contribution in [0.25, 0.3) is 0 Å². The summed E-state index contributed by atoms with van der Waals surface area (Å²) in [6, 6.07) is 8.43. The van der Waals surface area contributed by atoms with Gasteiger partial charge in [0, 0.05) is 32.4 Å². The molecule has 0 saturated heterocycles. The Morgan fingerprint density at radius 3 is 2.83 bits per heavy atom. The molecule has 0 spiro atoms. The van der Waals surface area contributed by atoms with E-state index in [2.05, 4.69) is 19.6 Å². The maximum absolute atomic E-state index is 12.2. The minimum atomic E-state index is -3.43. The van der Waals surface area contributed by atoms with Gasteiger partial charge in [-0.05, 0) is 31.0 Å². The van der Waals surface area contributed by atoms with Gasteiger partial charge in [-0.25, -0.2) is 23.1 Å². The molecule has 122 valence electrons. The number of fused-ring (bicyclic) bond motifs is 1. The van der Waals surface area contributed by atoms with Crippen LogP contribution in [-0.4, -0.2) is 42.9 Å². The van der Waals surface area contributed by atoms with Gasteiger partial charge >= 0.3 is 0 Å². The van der Waals surface area contributed by atoms with E-state index in [4.69, 9.17) is 0 Å². The summed E-state index contributed by atoms with van der Waals surface area (Å²) in [6.45, 7) is 4.57. The number of rotatable bonds is 5. The molecule has 1 aliphatic rings. The highest BCUT2D eigenvalue weighted by molar-refractivity contribution is 7.89. The molecule has 1 aromatic carbocycles. The van der Waals surface area contributed by atoms with E-state index in [-0.39, 0.29) is 0 Å². The smallest absolute Gasteiger partial charge is 0.240 e. The Morgan fingerprint density at radius 1 is 1.26 bits per heavy atom. The summed E-state index contributed by atoms with van der Waals surface area (Å²) in [5.74, 6) is 0.774. The highest BCUT2D eigenvalue weighted by atomic mass is 32.2. The molecule has 2 aromatic rings. The molecule has 0 bridgehead atoms. The molecule has 1 aliphatic heterocycles. The molecule has 0 atom stereocenters. The Morgan fingerprint density at radius 2 is 2.04 bits per heavy atom. The van der Waals surface area contributed by atoms with Crippen molar-refractivity contribution >= 4 is 10.0 Å². The molecule has 7 heteroatoms. The molecule has 2 heterocycles. The van der Waals surface area contributed by atoms with Gasteiger partial charge in [-0.2, -0.15) is 0 Å². The molecular formula is C16H20N4O2S. The lowest BCUT2D eigenvalue weighted by molar-refractivity contribution is 0.254. The first-order chi connectivity index (χ1) is 11.0. The van der Waals surface area contributed by atoms with Crippen molar-refractivity contribution in [2.75, 3.05) is 19.6 Å². The fraction of sp³-hybridized carbons (Fsp3) is 0.375. The maximum atomic E-state index is 12.2. The summed E-state index contributed by atoms with van der Waals surface area (Å²) in [4.78, 5) is 11.2. The van der Waals surface area contributed by atoms with Gasteiger partial charge in [0.2, 0.25) is 10.0 Å². The molecule has 1 aromatic heterocycles. The number of benzene rings is 1. The Balaban J connectivity index is 1.56. The van der Waals surface area contributed by atoms with Gasteiger partial charge in [0.1, 0.15) is 5.82 Å². The predicted octanol–water partition coefficient (Wildman–Crippen LogP) is 1.12. The lowest BCUT2D eigenvalue weighted by Gasteiger charge is -2.27. The standard InChI is InChI=1S/C16H20N4O2S/c1-13-17-11-14-7-9-20(12-16(14)19-13)10-8-18-23(21,22)15-5-3-2-4-6-15/h2-6,11,18H,7-10,12H2,1H3. The number of hydrogen-bond acceptors (Lipinski definition) is 5. The van der Waals surface area contributed by atoms with Crippen molar-refractivity contribution in [2.45, 2.75) is 24.8 Å². The van der Waals surface area contributed by atoms with Crippen LogP contribution in [0, 0.1) is 6.92 Å². The average molecular weight is 332 g/mol. The molecule has 0 radical (unpaired) electrons. The third-order valence-corrected chi connectivity index (χ3v) is 5.40. The van der Waals surface area contributed by atoms with Gasteiger partial charge in [-0.3, -0.25) is 4.90 Å². The molecule has 0 fully saturated rings. The fourth-order valence-electron chi connectivity index (χ4n) is 2.67. The second-order valence-corrected chi connectivity index (χ2v) is 7.39. The summed E-state index contributed by atoms with van der Waals surface area (Å²) < 4.78 is 27.0. The Labute approximate surface area is 136 Å². The quantitative estimate of drug-likeness (QED) is 0.888. The van der Waals surface area contributed by atoms with E-state index in [1.54, 1.807) is 30.3 Å². The minimum absolute atomic E-state index is 0.298. The number of aryl methyl sites for hydroxylation is 1. The van der Waals surface area contributed by atoms with Crippen molar-refractivity contribution in [1.82, 2.24) is 19.6 Å². The number of aromatic nitrogens is 2. The first kappa shape index (κ1) is 16.0. The normalized spacial score (nSPS) is 15.3. The highest BCUT2D eigenvalue weighted by Crippen LogP contribution is 2.15. The number of hydrogen-bond donors (Lipinski definition) is 1. The molecule has 23 heavy (non-hydrogen) atoms. The van der Waals surface area contributed by atoms with Crippen LogP contribution in [0.1, 0.15) is 17.1 Å². The molecule has 3 rings (SSSR count). The average Bonchev–Trinajstić information content (AvgIpc) is 2.55. The van der Waals surface area contributed by atoms with Crippen LogP contribution in [0.2, 0.25) is 0 Å². The lowest BCUT2D eigenvalue weighted by atomic mass is 10.1. The van der Waals surface area contributed by atoms with Gasteiger partial charge in [0.05, 0.1) is 10.6 Å². The fourth-order valence-corrected chi connectivity index (χ4v) is 3.71. The highest BCUT2D eigenvalue weighted by Gasteiger charge is 2.19. The second-order valence-electron chi connectivity index (χ2n) is 5.63. The van der Waals surface area contributed by atoms with Crippen LogP contribution in [0.15, 0.2) is 41.4 Å². The first-order valence-electron chi connectivity index (χ1n) is 7.63. The zero-order chi connectivity index (χ0) is 16.3. The van der Waals surface area contributed by atoms with Crippen LogP contribution in [0.3, 0.4) is 0 Å². The molecular weight excluding hydrogens is 312 g/mol. The van der Waals surface area contributed by atoms with Crippen LogP contribution < -0.4 is 4.72 Å². The number of nitrogens with zero attached hydrogens (tertiary/aromatic N) is 3. The van der Waals surface area contributed by atoms with E-state index in [1.807, 2.05) is 13.1 Å². The second kappa shape index (κ2) is 6.74. The molecule has 0 amide bonds. The molecule has 0 unspecified atom stereocenters. The van der Waals surface area contributed by atoms with E-state index in [1.165, 1.54) is 5.56 Å². The zero-order valence-corrected chi connectivity index (χ0v) is 13.9. The van der Waals surface area contributed by atoms with E-state index in [0.717, 1.165) is 31.0 Å². The van der Waals surface area contributed by atoms with E-state index in [9.17, 15) is 8.42 Å². The Kier molecular flexibility index (Phi) is 4.70. The summed E-state index contributed by atoms with van der Waals surface area (Å²) in [7, 11) is -3.43. The van der Waals surface area contributed by atoms with Gasteiger partial charge in [-0.1, -0.05) is 18.2 Å². The van der Waals surface area contributed by atoms with Crippen LogP contribution in [0.5, 0.6) is 0 Å². The van der Waals surface area contributed by atoms with Gasteiger partial charge in [-0.15, -0.1) is 0 Å². The van der Waals surface area contributed by atoms with Crippen molar-refractivity contribution in [3.05, 3.63) is 53.6 Å². The SMILES string of the molecule is Cc1ncc2c(n1)CN(CCNS(=O)(=O)c1ccccc1)CC2. The largest absolute Gasteiger partial charge is 0.296 e. The van der Waals surface area contributed by atoms with Crippen LogP contribution >= 0.6 is 0 Å². The summed E-state index contributed by atoms with van der Waals surface area (Å²) >= 11 is 0. The first-order valence-corrected chi connectivity index (χ1v) is 9.11. The van der Waals surface area contributed by atoms with Gasteiger partial charge in [0.25, 0.3) is 0 Å². The van der Waals surface area contributed by atoms with Crippen molar-refractivity contribution in [2.24, 2.45) is 0 Å². The number of sulfonamides is 1. The predicted molar refractivity (Wildman–Crippen MR) is 87.4 cm³/mol. The maximum Gasteiger partial charge on any atom is 0.240 e. The molecule has 6 nitrogen and oxygen atoms in total. The summed E-state index contributed by atoms with van der Waals surface area (Å²) in [5, 5.41) is 0. The van der Waals surface area contributed by atoms with E-state index >= 15 is 0 Å². The van der Waals surface area contributed by atoms with Gasteiger partial charge in [0.15, 0.2) is 0 Å². The number of nitrogens with one attached hydrogen (secondary N) is 1. The molecule has 0 aliphatic carbocycles. The summed E-state index contributed by atoms with van der Waals surface area (Å²) in [6.07, 6.45) is 2.80. The van der Waals surface area contributed by atoms with Crippen molar-refractivity contribution < 1.29 is 8.42 Å². The summed E-state index contributed by atoms with van der Waals surface area (Å²) in [5.41, 5.74) is 2.24. The minimum Gasteiger partial charge on any atom is -0.296 e. The monoisotopic (exact) mass is 332 g/mol. The van der Waals surface area contributed by atoms with Crippen molar-refractivity contribution in [3.63, 3.8) is 0 Å².